The second-order valence-corrected chi connectivity index (χ2v) is 7.85. The molecule has 24 heavy (non-hydrogen) atoms. The predicted octanol–water partition coefficient (Wildman–Crippen LogP) is 0.496. The van der Waals surface area contributed by atoms with Crippen LogP contribution in [0.2, 0.25) is 0 Å². The highest BCUT2D eigenvalue weighted by Crippen LogP contribution is 2.44. The quantitative estimate of drug-likeness (QED) is 0.632. The molecule has 1 saturated carbocycles. The maximum atomic E-state index is 12.6. The van der Waals surface area contributed by atoms with Gasteiger partial charge in [0.15, 0.2) is 0 Å². The predicted molar refractivity (Wildman–Crippen MR) is 89.0 cm³/mol. The Labute approximate surface area is 142 Å². The fraction of sp³-hybridized carbons (Fsp3) is 0.706. The lowest BCUT2D eigenvalue weighted by molar-refractivity contribution is -0.146. The number of rotatable bonds is 5. The lowest BCUT2D eigenvalue weighted by Gasteiger charge is -2.33. The lowest BCUT2D eigenvalue weighted by atomic mass is 9.86. The minimum atomic E-state index is -1.28. The number of carbonyl (C=O) groups is 3. The summed E-state index contributed by atoms with van der Waals surface area (Å²) < 4.78 is 0. The minimum Gasteiger partial charge on any atom is -0.479 e. The molecule has 4 N–H and O–H groups in total. The zero-order valence-electron chi connectivity index (χ0n) is 14.5. The van der Waals surface area contributed by atoms with Crippen LogP contribution in [0.3, 0.4) is 0 Å². The van der Waals surface area contributed by atoms with Crippen molar-refractivity contribution < 1.29 is 19.5 Å². The van der Waals surface area contributed by atoms with Crippen LogP contribution in [0.25, 0.3) is 0 Å². The van der Waals surface area contributed by atoms with Crippen molar-refractivity contribution in [1.29, 1.82) is 0 Å². The highest BCUT2D eigenvalue weighted by molar-refractivity contribution is 5.95. The maximum Gasteiger partial charge on any atom is 0.330 e. The van der Waals surface area contributed by atoms with E-state index in [1.165, 1.54) is 4.90 Å². The van der Waals surface area contributed by atoms with Crippen molar-refractivity contribution in [2.45, 2.75) is 57.7 Å². The zero-order valence-corrected chi connectivity index (χ0v) is 14.5. The van der Waals surface area contributed by atoms with Gasteiger partial charge in [-0.25, -0.2) is 4.79 Å². The Hall–Kier alpha value is -1.89. The van der Waals surface area contributed by atoms with Crippen molar-refractivity contribution in [3.05, 3.63) is 12.7 Å². The average molecular weight is 337 g/mol. The van der Waals surface area contributed by atoms with E-state index in [-0.39, 0.29) is 11.8 Å². The molecule has 0 bridgehead atoms. The molecule has 1 aliphatic heterocycles. The molecule has 7 heteroatoms. The summed E-state index contributed by atoms with van der Waals surface area (Å²) in [5, 5.41) is 12.0. The number of hydrogen-bond donors (Lipinski definition) is 3. The van der Waals surface area contributed by atoms with Crippen molar-refractivity contribution >= 4 is 17.8 Å². The Balaban J connectivity index is 2.10. The Morgan fingerprint density at radius 3 is 2.50 bits per heavy atom. The summed E-state index contributed by atoms with van der Waals surface area (Å²) in [5.74, 6) is -2.03. The van der Waals surface area contributed by atoms with Gasteiger partial charge in [0.25, 0.3) is 0 Å². The molecule has 2 aliphatic rings. The summed E-state index contributed by atoms with van der Waals surface area (Å²) in [5.41, 5.74) is 4.35. The van der Waals surface area contributed by atoms with Crippen molar-refractivity contribution in [1.82, 2.24) is 10.2 Å². The summed E-state index contributed by atoms with van der Waals surface area (Å²) in [6.45, 7) is 9.69. The number of aliphatic carboxylic acids is 1. The van der Waals surface area contributed by atoms with Gasteiger partial charge in [0.05, 0.1) is 6.04 Å². The molecule has 7 nitrogen and oxygen atoms in total. The molecular formula is C17H27N3O4. The van der Waals surface area contributed by atoms with Gasteiger partial charge in [0.2, 0.25) is 11.8 Å². The van der Waals surface area contributed by atoms with Crippen LogP contribution in [0, 0.1) is 11.3 Å². The van der Waals surface area contributed by atoms with Gasteiger partial charge in [-0.2, -0.15) is 0 Å². The van der Waals surface area contributed by atoms with Gasteiger partial charge in [-0.1, -0.05) is 26.8 Å². The Morgan fingerprint density at radius 1 is 1.42 bits per heavy atom. The van der Waals surface area contributed by atoms with Crippen molar-refractivity contribution in [3.63, 3.8) is 0 Å². The Bertz CT molecular complexity index is 569. The van der Waals surface area contributed by atoms with Crippen LogP contribution in [-0.2, 0) is 14.4 Å². The molecule has 1 aliphatic carbocycles. The Kier molecular flexibility index (Phi) is 4.77. The molecule has 1 heterocycles. The molecule has 0 unspecified atom stereocenters. The third-order valence-electron chi connectivity index (χ3n) is 5.06. The Morgan fingerprint density at radius 2 is 2.04 bits per heavy atom. The molecule has 2 rings (SSSR count). The monoisotopic (exact) mass is 337 g/mol. The molecule has 134 valence electrons. The molecule has 0 radical (unpaired) electrons. The molecule has 0 spiro atoms. The maximum absolute atomic E-state index is 12.6. The minimum absolute atomic E-state index is 0.263. The normalized spacial score (nSPS) is 30.6. The number of carbonyl (C=O) groups excluding carboxylic acids is 2. The second kappa shape index (κ2) is 6.20. The van der Waals surface area contributed by atoms with Crippen LogP contribution in [0.15, 0.2) is 12.7 Å². The fourth-order valence-corrected chi connectivity index (χ4v) is 3.17. The number of amides is 2. The molecular weight excluding hydrogens is 310 g/mol. The first-order chi connectivity index (χ1) is 11.0. The summed E-state index contributed by atoms with van der Waals surface area (Å²) in [7, 11) is 0. The summed E-state index contributed by atoms with van der Waals surface area (Å²) in [6.07, 6.45) is 3.09. The van der Waals surface area contributed by atoms with Crippen LogP contribution in [0.5, 0.6) is 0 Å². The molecule has 1 saturated heterocycles. The molecule has 2 amide bonds. The van der Waals surface area contributed by atoms with Crippen molar-refractivity contribution in [2.24, 2.45) is 17.1 Å². The molecule has 4 atom stereocenters. The van der Waals surface area contributed by atoms with Crippen molar-refractivity contribution in [2.75, 3.05) is 6.54 Å². The van der Waals surface area contributed by atoms with E-state index in [4.69, 9.17) is 5.73 Å². The smallest absolute Gasteiger partial charge is 0.330 e. The SMILES string of the molecule is C=C[C@@H]1C[C@]1(NC(=O)[C@@H]1CCCN1C(=O)[C@@H](N)C(C)(C)C)C(=O)O. The first-order valence-electron chi connectivity index (χ1n) is 8.28. The first-order valence-corrected chi connectivity index (χ1v) is 8.28. The third-order valence-corrected chi connectivity index (χ3v) is 5.06. The topological polar surface area (TPSA) is 113 Å². The summed E-state index contributed by atoms with van der Waals surface area (Å²) in [6, 6.07) is -1.37. The van der Waals surface area contributed by atoms with Gasteiger partial charge in [0.1, 0.15) is 11.6 Å². The average Bonchev–Trinajstić information content (AvgIpc) is 2.99. The van der Waals surface area contributed by atoms with Gasteiger partial charge in [0, 0.05) is 12.5 Å². The van der Waals surface area contributed by atoms with Gasteiger partial charge in [-0.3, -0.25) is 9.59 Å². The number of likely N-dealkylation sites (tertiary alicyclic amines) is 1. The largest absolute Gasteiger partial charge is 0.479 e. The van der Waals surface area contributed by atoms with E-state index in [2.05, 4.69) is 11.9 Å². The molecule has 0 aromatic rings. The van der Waals surface area contributed by atoms with Crippen LogP contribution in [0.4, 0.5) is 0 Å². The number of nitrogens with two attached hydrogens (primary N) is 1. The number of nitrogens with zero attached hydrogens (tertiary/aromatic N) is 1. The van der Waals surface area contributed by atoms with Gasteiger partial charge < -0.3 is 21.1 Å². The zero-order chi connectivity index (χ0) is 18.3. The highest BCUT2D eigenvalue weighted by atomic mass is 16.4. The van der Waals surface area contributed by atoms with Crippen LogP contribution in [0.1, 0.15) is 40.0 Å². The van der Waals surface area contributed by atoms with E-state index < -0.39 is 34.9 Å². The van der Waals surface area contributed by atoms with Gasteiger partial charge in [-0.15, -0.1) is 6.58 Å². The summed E-state index contributed by atoms with van der Waals surface area (Å²) in [4.78, 5) is 38.2. The van der Waals surface area contributed by atoms with Crippen molar-refractivity contribution in [3.8, 4) is 0 Å². The fourth-order valence-electron chi connectivity index (χ4n) is 3.17. The lowest BCUT2D eigenvalue weighted by Crippen LogP contribution is -2.57. The van der Waals surface area contributed by atoms with Gasteiger partial charge >= 0.3 is 5.97 Å². The highest BCUT2D eigenvalue weighted by Gasteiger charge is 2.61. The number of carboxylic acids is 1. The van der Waals surface area contributed by atoms with Crippen LogP contribution < -0.4 is 11.1 Å². The first kappa shape index (κ1) is 18.4. The van der Waals surface area contributed by atoms with Crippen LogP contribution in [-0.4, -0.2) is 52.0 Å². The molecule has 0 aromatic heterocycles. The number of hydrogen-bond acceptors (Lipinski definition) is 4. The van der Waals surface area contributed by atoms with Gasteiger partial charge in [-0.05, 0) is 24.7 Å². The standard InChI is InChI=1S/C17H27N3O4/c1-5-10-9-17(10,15(23)24)19-13(21)11-7-6-8-20(11)14(22)12(18)16(2,3)4/h5,10-12H,1,6-9,18H2,2-4H3,(H,19,21)(H,23,24)/t10-,11+,12-,17-/m1/s1. The van der Waals surface area contributed by atoms with E-state index in [0.717, 1.165) is 0 Å². The van der Waals surface area contributed by atoms with Crippen LogP contribution >= 0.6 is 0 Å². The van der Waals surface area contributed by atoms with E-state index in [1.54, 1.807) is 6.08 Å². The van der Waals surface area contributed by atoms with E-state index in [1.807, 2.05) is 20.8 Å². The van der Waals surface area contributed by atoms with E-state index >= 15 is 0 Å². The second-order valence-electron chi connectivity index (χ2n) is 7.85. The summed E-state index contributed by atoms with van der Waals surface area (Å²) >= 11 is 0. The third kappa shape index (κ3) is 3.17. The molecule has 2 fully saturated rings. The number of carboxylic acid groups (broad SMARTS) is 1. The number of nitrogens with one attached hydrogen (secondary N) is 1. The van der Waals surface area contributed by atoms with E-state index in [0.29, 0.717) is 25.8 Å². The van der Waals surface area contributed by atoms with E-state index in [9.17, 15) is 19.5 Å². The molecule has 0 aromatic carbocycles.